The van der Waals surface area contributed by atoms with E-state index in [1.807, 2.05) is 0 Å². The number of benzene rings is 1. The maximum atomic E-state index is 11.8. The van der Waals surface area contributed by atoms with Gasteiger partial charge in [-0.3, -0.25) is 4.79 Å². The normalized spacial score (nSPS) is 11.6. The first-order chi connectivity index (χ1) is 8.99. The van der Waals surface area contributed by atoms with Crippen molar-refractivity contribution in [3.8, 4) is 5.75 Å². The smallest absolute Gasteiger partial charge is 0.336 e. The summed E-state index contributed by atoms with van der Waals surface area (Å²) in [5.41, 5.74) is 0.379. The largest absolute Gasteiger partial charge is 0.496 e. The topological polar surface area (TPSA) is 84.9 Å². The van der Waals surface area contributed by atoms with E-state index >= 15 is 0 Å². The number of aliphatic hydroxyl groups excluding tert-OH is 1. The van der Waals surface area contributed by atoms with Gasteiger partial charge in [0.15, 0.2) is 6.10 Å². The third kappa shape index (κ3) is 4.22. The fourth-order valence-electron chi connectivity index (χ4n) is 1.32. The summed E-state index contributed by atoms with van der Waals surface area (Å²) in [5.74, 6) is -0.603. The minimum absolute atomic E-state index is 0.213. The number of carbonyl (C=O) groups is 2. The molecule has 1 amide bonds. The number of hydrogen-bond donors (Lipinski definition) is 2. The zero-order valence-corrected chi connectivity index (χ0v) is 12.1. The number of amides is 1. The van der Waals surface area contributed by atoms with Crippen LogP contribution in [0.4, 0.5) is 0 Å². The standard InChI is InChI=1S/C12H14BrNO5/c1-18-10-4-3-7(5-8(10)13)11(16)14-6-9(15)12(17)19-2/h3-5,9,15H,6H2,1-2H3,(H,14,16). The van der Waals surface area contributed by atoms with E-state index in [2.05, 4.69) is 26.0 Å². The van der Waals surface area contributed by atoms with Gasteiger partial charge < -0.3 is 19.9 Å². The molecule has 0 spiro atoms. The van der Waals surface area contributed by atoms with Gasteiger partial charge in [-0.1, -0.05) is 0 Å². The number of halogens is 1. The fraction of sp³-hybridized carbons (Fsp3) is 0.333. The summed E-state index contributed by atoms with van der Waals surface area (Å²) in [5, 5.41) is 11.8. The van der Waals surface area contributed by atoms with E-state index < -0.39 is 18.0 Å². The molecule has 7 heteroatoms. The average molecular weight is 332 g/mol. The number of aliphatic hydroxyl groups is 1. The third-order valence-electron chi connectivity index (χ3n) is 2.34. The van der Waals surface area contributed by atoms with E-state index in [1.165, 1.54) is 7.11 Å². The maximum absolute atomic E-state index is 11.8. The minimum atomic E-state index is -1.38. The van der Waals surface area contributed by atoms with Crippen molar-refractivity contribution in [2.24, 2.45) is 0 Å². The molecule has 1 rings (SSSR count). The molecular weight excluding hydrogens is 318 g/mol. The summed E-state index contributed by atoms with van der Waals surface area (Å²) in [6.07, 6.45) is -1.38. The highest BCUT2D eigenvalue weighted by molar-refractivity contribution is 9.10. The van der Waals surface area contributed by atoms with Crippen molar-refractivity contribution in [2.75, 3.05) is 20.8 Å². The first-order valence-electron chi connectivity index (χ1n) is 5.37. The van der Waals surface area contributed by atoms with Crippen LogP contribution in [0, 0.1) is 0 Å². The van der Waals surface area contributed by atoms with E-state index in [4.69, 9.17) is 4.74 Å². The number of hydrogen-bond acceptors (Lipinski definition) is 5. The fourth-order valence-corrected chi connectivity index (χ4v) is 1.86. The molecule has 2 N–H and O–H groups in total. The Labute approximate surface area is 118 Å². The van der Waals surface area contributed by atoms with Gasteiger partial charge in [-0.25, -0.2) is 4.79 Å². The van der Waals surface area contributed by atoms with Crippen LogP contribution in [-0.2, 0) is 9.53 Å². The maximum Gasteiger partial charge on any atom is 0.336 e. The minimum Gasteiger partial charge on any atom is -0.496 e. The number of carbonyl (C=O) groups excluding carboxylic acids is 2. The molecule has 0 fully saturated rings. The lowest BCUT2D eigenvalue weighted by molar-refractivity contribution is -0.149. The summed E-state index contributed by atoms with van der Waals surface area (Å²) in [4.78, 5) is 22.7. The lowest BCUT2D eigenvalue weighted by Gasteiger charge is -2.10. The van der Waals surface area contributed by atoms with Gasteiger partial charge in [0.2, 0.25) is 0 Å². The Morgan fingerprint density at radius 2 is 2.11 bits per heavy atom. The van der Waals surface area contributed by atoms with Crippen molar-refractivity contribution in [3.63, 3.8) is 0 Å². The highest BCUT2D eigenvalue weighted by Crippen LogP contribution is 2.25. The van der Waals surface area contributed by atoms with Crippen LogP contribution in [0.25, 0.3) is 0 Å². The van der Waals surface area contributed by atoms with E-state index in [9.17, 15) is 14.7 Å². The van der Waals surface area contributed by atoms with Crippen LogP contribution in [0.15, 0.2) is 22.7 Å². The molecule has 0 saturated heterocycles. The van der Waals surface area contributed by atoms with Gasteiger partial charge in [-0.2, -0.15) is 0 Å². The Morgan fingerprint density at radius 3 is 2.63 bits per heavy atom. The van der Waals surface area contributed by atoms with Crippen molar-refractivity contribution in [3.05, 3.63) is 28.2 Å². The molecule has 0 aliphatic rings. The average Bonchev–Trinajstić information content (AvgIpc) is 2.43. The predicted molar refractivity (Wildman–Crippen MR) is 71.1 cm³/mol. The van der Waals surface area contributed by atoms with Crippen LogP contribution in [0.1, 0.15) is 10.4 Å². The summed E-state index contributed by atoms with van der Waals surface area (Å²) in [6, 6.07) is 4.79. The predicted octanol–water partition coefficient (Wildman–Crippen LogP) is 0.721. The van der Waals surface area contributed by atoms with Gasteiger partial charge >= 0.3 is 5.97 Å². The molecule has 0 aliphatic carbocycles. The number of methoxy groups -OCH3 is 2. The molecule has 0 radical (unpaired) electrons. The molecule has 104 valence electrons. The molecular formula is C12H14BrNO5. The SMILES string of the molecule is COC(=O)C(O)CNC(=O)c1ccc(OC)c(Br)c1. The van der Waals surface area contributed by atoms with Crippen molar-refractivity contribution in [2.45, 2.75) is 6.10 Å². The molecule has 1 unspecified atom stereocenters. The molecule has 0 saturated carbocycles. The Morgan fingerprint density at radius 1 is 1.42 bits per heavy atom. The Kier molecular flexibility index (Phi) is 5.78. The number of rotatable bonds is 5. The summed E-state index contributed by atoms with van der Waals surface area (Å²) < 4.78 is 10.0. The lowest BCUT2D eigenvalue weighted by Crippen LogP contribution is -2.37. The lowest BCUT2D eigenvalue weighted by atomic mass is 10.2. The van der Waals surface area contributed by atoms with Crippen LogP contribution >= 0.6 is 15.9 Å². The van der Waals surface area contributed by atoms with Crippen molar-refractivity contribution in [1.82, 2.24) is 5.32 Å². The van der Waals surface area contributed by atoms with Crippen molar-refractivity contribution >= 4 is 27.8 Å². The van der Waals surface area contributed by atoms with Crippen LogP contribution in [0.2, 0.25) is 0 Å². The van der Waals surface area contributed by atoms with Crippen molar-refractivity contribution in [1.29, 1.82) is 0 Å². The first kappa shape index (κ1) is 15.5. The van der Waals surface area contributed by atoms with Crippen LogP contribution in [-0.4, -0.2) is 43.9 Å². The van der Waals surface area contributed by atoms with Gasteiger partial charge in [-0.05, 0) is 34.1 Å². The van der Waals surface area contributed by atoms with Gasteiger partial charge in [0.25, 0.3) is 5.91 Å². The third-order valence-corrected chi connectivity index (χ3v) is 2.96. The molecule has 0 heterocycles. The molecule has 0 bridgehead atoms. The number of ether oxygens (including phenoxy) is 2. The Hall–Kier alpha value is -1.60. The van der Waals surface area contributed by atoms with Crippen molar-refractivity contribution < 1.29 is 24.2 Å². The van der Waals surface area contributed by atoms with E-state index in [0.717, 1.165) is 7.11 Å². The van der Waals surface area contributed by atoms with Crippen LogP contribution in [0.5, 0.6) is 5.75 Å². The molecule has 1 atom stereocenters. The second kappa shape index (κ2) is 7.10. The van der Waals surface area contributed by atoms with Gasteiger partial charge in [0, 0.05) is 5.56 Å². The van der Waals surface area contributed by atoms with E-state index in [-0.39, 0.29) is 6.54 Å². The molecule has 1 aromatic rings. The Balaban J connectivity index is 2.64. The Bertz CT molecular complexity index is 477. The van der Waals surface area contributed by atoms with E-state index in [1.54, 1.807) is 18.2 Å². The monoisotopic (exact) mass is 331 g/mol. The summed E-state index contributed by atoms with van der Waals surface area (Å²) >= 11 is 3.26. The van der Waals surface area contributed by atoms with E-state index in [0.29, 0.717) is 15.8 Å². The zero-order valence-electron chi connectivity index (χ0n) is 10.5. The number of esters is 1. The zero-order chi connectivity index (χ0) is 14.4. The highest BCUT2D eigenvalue weighted by Gasteiger charge is 2.17. The van der Waals surface area contributed by atoms with Gasteiger partial charge in [-0.15, -0.1) is 0 Å². The molecule has 0 aliphatic heterocycles. The second-order valence-corrected chi connectivity index (χ2v) is 4.45. The second-order valence-electron chi connectivity index (χ2n) is 3.60. The summed E-state index contributed by atoms with van der Waals surface area (Å²) in [6.45, 7) is -0.213. The molecule has 19 heavy (non-hydrogen) atoms. The number of nitrogens with one attached hydrogen (secondary N) is 1. The molecule has 6 nitrogen and oxygen atoms in total. The first-order valence-corrected chi connectivity index (χ1v) is 6.16. The quantitative estimate of drug-likeness (QED) is 0.776. The van der Waals surface area contributed by atoms with Gasteiger partial charge in [0.05, 0.1) is 25.2 Å². The van der Waals surface area contributed by atoms with Crippen LogP contribution < -0.4 is 10.1 Å². The van der Waals surface area contributed by atoms with Crippen LogP contribution in [0.3, 0.4) is 0 Å². The highest BCUT2D eigenvalue weighted by atomic mass is 79.9. The molecule has 1 aromatic carbocycles. The summed E-state index contributed by atoms with van der Waals surface area (Å²) in [7, 11) is 2.68. The molecule has 0 aromatic heterocycles. The van der Waals surface area contributed by atoms with Gasteiger partial charge in [0.1, 0.15) is 5.75 Å².